The van der Waals surface area contributed by atoms with Crippen molar-refractivity contribution in [1.82, 2.24) is 4.90 Å². The van der Waals surface area contributed by atoms with E-state index in [0.29, 0.717) is 6.54 Å². The molecule has 0 radical (unpaired) electrons. The lowest BCUT2D eigenvalue weighted by molar-refractivity contribution is -0.135. The largest absolute Gasteiger partial charge is 0.296 e. The summed E-state index contributed by atoms with van der Waals surface area (Å²) in [5, 5.41) is 0. The van der Waals surface area contributed by atoms with E-state index in [1.807, 2.05) is 4.90 Å². The lowest BCUT2D eigenvalue weighted by Crippen LogP contribution is -2.30. The van der Waals surface area contributed by atoms with Crippen molar-refractivity contribution < 1.29 is 9.59 Å². The van der Waals surface area contributed by atoms with E-state index in [1.165, 1.54) is 6.92 Å². The highest BCUT2D eigenvalue weighted by Crippen LogP contribution is 2.06. The second-order valence-electron chi connectivity index (χ2n) is 2.96. The van der Waals surface area contributed by atoms with Gasteiger partial charge in [0.15, 0.2) is 5.78 Å². The Bertz CT molecular complexity index is 172. The molecule has 1 aliphatic heterocycles. The Morgan fingerprint density at radius 3 is 2.00 bits per heavy atom. The number of rotatable bonds is 3. The van der Waals surface area contributed by atoms with Gasteiger partial charge < -0.3 is 0 Å². The van der Waals surface area contributed by atoms with E-state index in [1.54, 1.807) is 0 Å². The molecule has 0 aromatic carbocycles. The van der Waals surface area contributed by atoms with Gasteiger partial charge in [0, 0.05) is 6.92 Å². The van der Waals surface area contributed by atoms with Crippen LogP contribution in [0.2, 0.25) is 0 Å². The van der Waals surface area contributed by atoms with E-state index >= 15 is 0 Å². The third-order valence-corrected chi connectivity index (χ3v) is 1.96. The van der Waals surface area contributed by atoms with Crippen molar-refractivity contribution in [2.75, 3.05) is 19.6 Å². The zero-order chi connectivity index (χ0) is 8.27. The van der Waals surface area contributed by atoms with Crippen molar-refractivity contribution in [3.05, 3.63) is 0 Å². The number of carbonyl (C=O) groups excluding carboxylic acids is 2. The summed E-state index contributed by atoms with van der Waals surface area (Å²) in [7, 11) is 0. The van der Waals surface area contributed by atoms with Gasteiger partial charge in [-0.3, -0.25) is 14.5 Å². The zero-order valence-electron chi connectivity index (χ0n) is 6.80. The molecule has 78 valence electrons. The van der Waals surface area contributed by atoms with Gasteiger partial charge in [-0.05, 0) is 25.9 Å². The summed E-state index contributed by atoms with van der Waals surface area (Å²) in [6, 6.07) is 0. The highest BCUT2D eigenvalue weighted by atomic mass is 16.2. The summed E-state index contributed by atoms with van der Waals surface area (Å²) in [6.07, 6.45) is 2.32. The predicted octanol–water partition coefficient (Wildman–Crippen LogP) is 1.51. The van der Waals surface area contributed by atoms with Gasteiger partial charge in [0.25, 0.3) is 0 Å². The molecule has 3 nitrogen and oxygen atoms in total. The number of carbonyl (C=O) groups is 2. The highest BCUT2D eigenvalue weighted by molar-refractivity contribution is 6.37. The predicted molar refractivity (Wildman–Crippen MR) is 54.8 cm³/mol. The maximum Gasteiger partial charge on any atom is 0.211 e. The van der Waals surface area contributed by atoms with Crippen LogP contribution in [-0.2, 0) is 9.59 Å². The molecule has 0 bridgehead atoms. The van der Waals surface area contributed by atoms with Crippen molar-refractivity contribution in [3.63, 3.8) is 0 Å². The van der Waals surface area contributed by atoms with Crippen LogP contribution in [0.4, 0.5) is 0 Å². The standard InChI is InChI=1S/C8H13NO2.2CH4/c1-7(10)8(11)6-9-4-2-3-5-9;;/h2-6H2,1H3;2*1H4. The lowest BCUT2D eigenvalue weighted by Gasteiger charge is -2.11. The number of hydrogen-bond donors (Lipinski definition) is 0. The van der Waals surface area contributed by atoms with Crippen LogP contribution in [0.1, 0.15) is 34.6 Å². The van der Waals surface area contributed by atoms with Gasteiger partial charge in [0.05, 0.1) is 6.54 Å². The van der Waals surface area contributed by atoms with Gasteiger partial charge >= 0.3 is 0 Å². The molecule has 3 heteroatoms. The summed E-state index contributed by atoms with van der Waals surface area (Å²) in [4.78, 5) is 23.5. The minimum absolute atomic E-state index is 0. The van der Waals surface area contributed by atoms with E-state index in [-0.39, 0.29) is 26.4 Å². The molecule has 1 saturated heterocycles. The third-order valence-electron chi connectivity index (χ3n) is 1.96. The van der Waals surface area contributed by atoms with Crippen molar-refractivity contribution in [2.45, 2.75) is 34.6 Å². The Morgan fingerprint density at radius 2 is 1.62 bits per heavy atom. The van der Waals surface area contributed by atoms with Crippen LogP contribution in [0.5, 0.6) is 0 Å². The molecule has 0 unspecified atom stereocenters. The second-order valence-corrected chi connectivity index (χ2v) is 2.96. The van der Waals surface area contributed by atoms with E-state index in [2.05, 4.69) is 0 Å². The van der Waals surface area contributed by atoms with Crippen molar-refractivity contribution >= 4 is 11.6 Å². The Hall–Kier alpha value is -0.700. The molecule has 0 aromatic rings. The van der Waals surface area contributed by atoms with Gasteiger partial charge in [0.1, 0.15) is 0 Å². The number of hydrogen-bond acceptors (Lipinski definition) is 3. The SMILES string of the molecule is C.C.CC(=O)C(=O)CN1CCCC1. The van der Waals surface area contributed by atoms with E-state index in [4.69, 9.17) is 0 Å². The van der Waals surface area contributed by atoms with Gasteiger partial charge in [-0.1, -0.05) is 14.9 Å². The molecule has 1 fully saturated rings. The molecule has 0 saturated carbocycles. The summed E-state index contributed by atoms with van der Waals surface area (Å²) in [6.45, 7) is 3.60. The molecular formula is C10H21NO2. The Morgan fingerprint density at radius 1 is 1.15 bits per heavy atom. The number of Topliss-reactive ketones (excluding diaryl/α,β-unsaturated/α-hetero) is 2. The number of ketones is 2. The van der Waals surface area contributed by atoms with E-state index in [0.717, 1.165) is 25.9 Å². The molecule has 1 heterocycles. The molecule has 1 aliphatic rings. The fourth-order valence-corrected chi connectivity index (χ4v) is 1.26. The molecule has 0 aromatic heterocycles. The maximum absolute atomic E-state index is 10.9. The average Bonchev–Trinajstić information content (AvgIpc) is 2.39. The van der Waals surface area contributed by atoms with Crippen LogP contribution in [0.25, 0.3) is 0 Å². The van der Waals surface area contributed by atoms with E-state index < -0.39 is 0 Å². The highest BCUT2D eigenvalue weighted by Gasteiger charge is 2.16. The fourth-order valence-electron chi connectivity index (χ4n) is 1.26. The van der Waals surface area contributed by atoms with Crippen molar-refractivity contribution in [3.8, 4) is 0 Å². The first-order valence-electron chi connectivity index (χ1n) is 3.96. The first kappa shape index (κ1) is 14.8. The normalized spacial score (nSPS) is 15.8. The topological polar surface area (TPSA) is 37.4 Å². The summed E-state index contributed by atoms with van der Waals surface area (Å²) in [5.74, 6) is -0.580. The Kier molecular flexibility index (Phi) is 7.72. The molecule has 0 atom stereocenters. The Labute approximate surface area is 81.1 Å². The van der Waals surface area contributed by atoms with Gasteiger partial charge in [-0.2, -0.15) is 0 Å². The third kappa shape index (κ3) is 4.78. The maximum atomic E-state index is 10.9. The van der Waals surface area contributed by atoms with Crippen LogP contribution < -0.4 is 0 Å². The van der Waals surface area contributed by atoms with Crippen molar-refractivity contribution in [1.29, 1.82) is 0 Å². The van der Waals surface area contributed by atoms with Crippen LogP contribution >= 0.6 is 0 Å². The Balaban J connectivity index is 0. The molecule has 1 rings (SSSR count). The second kappa shape index (κ2) is 6.78. The smallest absolute Gasteiger partial charge is 0.211 e. The zero-order valence-corrected chi connectivity index (χ0v) is 6.80. The summed E-state index contributed by atoms with van der Waals surface area (Å²) in [5.41, 5.74) is 0. The molecule has 0 N–H and O–H groups in total. The molecule has 0 spiro atoms. The molecule has 0 aliphatic carbocycles. The quantitative estimate of drug-likeness (QED) is 0.628. The van der Waals surface area contributed by atoms with E-state index in [9.17, 15) is 9.59 Å². The van der Waals surface area contributed by atoms with Gasteiger partial charge in [-0.15, -0.1) is 0 Å². The van der Waals surface area contributed by atoms with Crippen LogP contribution in [0, 0.1) is 0 Å². The molecule has 13 heavy (non-hydrogen) atoms. The minimum atomic E-state index is -0.322. The summed E-state index contributed by atoms with van der Waals surface area (Å²) < 4.78 is 0. The minimum Gasteiger partial charge on any atom is -0.296 e. The van der Waals surface area contributed by atoms with Gasteiger partial charge in [0.2, 0.25) is 5.78 Å². The van der Waals surface area contributed by atoms with Crippen LogP contribution in [0.15, 0.2) is 0 Å². The first-order chi connectivity index (χ1) is 5.20. The molecule has 0 amide bonds. The van der Waals surface area contributed by atoms with Gasteiger partial charge in [-0.25, -0.2) is 0 Å². The lowest BCUT2D eigenvalue weighted by atomic mass is 10.3. The summed E-state index contributed by atoms with van der Waals surface area (Å²) >= 11 is 0. The number of likely N-dealkylation sites (tertiary alicyclic amines) is 1. The fraction of sp³-hybridized carbons (Fsp3) is 0.800. The first-order valence-corrected chi connectivity index (χ1v) is 3.96. The molecular weight excluding hydrogens is 166 g/mol. The van der Waals surface area contributed by atoms with Crippen LogP contribution in [0.3, 0.4) is 0 Å². The average molecular weight is 187 g/mol. The van der Waals surface area contributed by atoms with Crippen molar-refractivity contribution in [2.24, 2.45) is 0 Å². The monoisotopic (exact) mass is 187 g/mol. The number of nitrogens with zero attached hydrogens (tertiary/aromatic N) is 1. The van der Waals surface area contributed by atoms with Crippen LogP contribution in [-0.4, -0.2) is 36.1 Å².